The second-order valence-corrected chi connectivity index (χ2v) is 5.17. The summed E-state index contributed by atoms with van der Waals surface area (Å²) in [5.74, 6) is 0. The van der Waals surface area contributed by atoms with Gasteiger partial charge in [0, 0.05) is 24.4 Å². The van der Waals surface area contributed by atoms with E-state index in [2.05, 4.69) is 54.4 Å². The maximum absolute atomic E-state index is 6.17. The lowest BCUT2D eigenvalue weighted by Gasteiger charge is -2.11. The molecule has 0 saturated heterocycles. The zero-order chi connectivity index (χ0) is 13.5. The summed E-state index contributed by atoms with van der Waals surface area (Å²) < 4.78 is 0. The van der Waals surface area contributed by atoms with E-state index in [-0.39, 0.29) is 6.04 Å². The standard InChI is InChI=1S/C17H22N2/c1-14-10-11-17(19-13-14)12-16(18)9-5-8-15-6-3-2-4-7-15/h2-4,6-7,10-11,13,16H,5,8-9,12,18H2,1H3. The van der Waals surface area contributed by atoms with Crippen molar-refractivity contribution in [3.8, 4) is 0 Å². The number of hydrogen-bond donors (Lipinski definition) is 1. The monoisotopic (exact) mass is 254 g/mol. The Kier molecular flexibility index (Phi) is 5.10. The van der Waals surface area contributed by atoms with Gasteiger partial charge in [-0.3, -0.25) is 4.98 Å². The molecule has 1 unspecified atom stereocenters. The summed E-state index contributed by atoms with van der Waals surface area (Å²) >= 11 is 0. The Morgan fingerprint density at radius 2 is 1.89 bits per heavy atom. The highest BCUT2D eigenvalue weighted by molar-refractivity contribution is 5.15. The summed E-state index contributed by atoms with van der Waals surface area (Å²) in [5, 5.41) is 0. The van der Waals surface area contributed by atoms with E-state index in [0.29, 0.717) is 0 Å². The lowest BCUT2D eigenvalue weighted by molar-refractivity contribution is 0.574. The van der Waals surface area contributed by atoms with Crippen molar-refractivity contribution in [2.45, 2.75) is 38.6 Å². The van der Waals surface area contributed by atoms with Crippen LogP contribution in [0.2, 0.25) is 0 Å². The van der Waals surface area contributed by atoms with Crippen LogP contribution in [0.1, 0.15) is 29.7 Å². The van der Waals surface area contributed by atoms with Crippen LogP contribution in [0.15, 0.2) is 48.7 Å². The average Bonchev–Trinajstić information content (AvgIpc) is 2.43. The van der Waals surface area contributed by atoms with Crippen molar-refractivity contribution in [1.82, 2.24) is 4.98 Å². The maximum atomic E-state index is 6.17. The minimum atomic E-state index is 0.207. The third-order valence-corrected chi connectivity index (χ3v) is 3.33. The van der Waals surface area contributed by atoms with Crippen LogP contribution in [0.4, 0.5) is 0 Å². The molecule has 2 nitrogen and oxygen atoms in total. The van der Waals surface area contributed by atoms with Crippen molar-refractivity contribution >= 4 is 0 Å². The molecule has 0 saturated carbocycles. The van der Waals surface area contributed by atoms with Gasteiger partial charge in [0.25, 0.3) is 0 Å². The highest BCUT2D eigenvalue weighted by Gasteiger charge is 2.05. The molecule has 0 aliphatic carbocycles. The van der Waals surface area contributed by atoms with Crippen LogP contribution >= 0.6 is 0 Å². The lowest BCUT2D eigenvalue weighted by atomic mass is 10.0. The van der Waals surface area contributed by atoms with Crippen molar-refractivity contribution in [2.75, 3.05) is 0 Å². The molecule has 2 aromatic rings. The average molecular weight is 254 g/mol. The highest BCUT2D eigenvalue weighted by Crippen LogP contribution is 2.08. The van der Waals surface area contributed by atoms with E-state index in [1.54, 1.807) is 0 Å². The van der Waals surface area contributed by atoms with Crippen molar-refractivity contribution in [3.63, 3.8) is 0 Å². The molecule has 1 aromatic carbocycles. The molecule has 1 atom stereocenters. The predicted molar refractivity (Wildman–Crippen MR) is 80.0 cm³/mol. The molecular weight excluding hydrogens is 232 g/mol. The topological polar surface area (TPSA) is 38.9 Å². The highest BCUT2D eigenvalue weighted by atomic mass is 14.7. The molecule has 100 valence electrons. The summed E-state index contributed by atoms with van der Waals surface area (Å²) in [6.07, 6.45) is 6.07. The molecular formula is C17H22N2. The van der Waals surface area contributed by atoms with Crippen LogP contribution in [0.25, 0.3) is 0 Å². The molecule has 0 amide bonds. The molecule has 0 aliphatic heterocycles. The maximum Gasteiger partial charge on any atom is 0.0419 e. The van der Waals surface area contributed by atoms with Gasteiger partial charge in [-0.25, -0.2) is 0 Å². The Bertz CT molecular complexity index is 476. The van der Waals surface area contributed by atoms with E-state index in [0.717, 1.165) is 31.4 Å². The number of hydrogen-bond acceptors (Lipinski definition) is 2. The summed E-state index contributed by atoms with van der Waals surface area (Å²) in [6.45, 7) is 2.05. The molecule has 2 heteroatoms. The second-order valence-electron chi connectivity index (χ2n) is 5.17. The van der Waals surface area contributed by atoms with E-state index in [1.807, 2.05) is 6.20 Å². The van der Waals surface area contributed by atoms with Crippen molar-refractivity contribution < 1.29 is 0 Å². The van der Waals surface area contributed by atoms with Crippen LogP contribution in [0.5, 0.6) is 0 Å². The predicted octanol–water partition coefficient (Wildman–Crippen LogP) is 3.28. The third-order valence-electron chi connectivity index (χ3n) is 3.33. The SMILES string of the molecule is Cc1ccc(CC(N)CCCc2ccccc2)nc1. The normalized spacial score (nSPS) is 12.3. The van der Waals surface area contributed by atoms with E-state index in [1.165, 1.54) is 11.1 Å². The van der Waals surface area contributed by atoms with Gasteiger partial charge in [-0.1, -0.05) is 36.4 Å². The fraction of sp³-hybridized carbons (Fsp3) is 0.353. The molecule has 1 aromatic heterocycles. The summed E-state index contributed by atoms with van der Waals surface area (Å²) in [7, 11) is 0. The smallest absolute Gasteiger partial charge is 0.0419 e. The van der Waals surface area contributed by atoms with Crippen molar-refractivity contribution in [1.29, 1.82) is 0 Å². The van der Waals surface area contributed by atoms with Crippen LogP contribution < -0.4 is 5.73 Å². The third kappa shape index (κ3) is 4.84. The first-order chi connectivity index (χ1) is 9.24. The number of nitrogens with zero attached hydrogens (tertiary/aromatic N) is 1. The van der Waals surface area contributed by atoms with Gasteiger partial charge in [-0.2, -0.15) is 0 Å². The second kappa shape index (κ2) is 7.05. The fourth-order valence-corrected chi connectivity index (χ4v) is 2.20. The van der Waals surface area contributed by atoms with Gasteiger partial charge in [-0.15, -0.1) is 0 Å². The lowest BCUT2D eigenvalue weighted by Crippen LogP contribution is -2.23. The molecule has 0 fully saturated rings. The van der Waals surface area contributed by atoms with Crippen molar-refractivity contribution in [2.24, 2.45) is 5.73 Å². The Labute approximate surface area is 115 Å². The molecule has 0 aliphatic rings. The Morgan fingerprint density at radius 1 is 1.11 bits per heavy atom. The molecule has 1 heterocycles. The van der Waals surface area contributed by atoms with Gasteiger partial charge < -0.3 is 5.73 Å². The van der Waals surface area contributed by atoms with E-state index < -0.39 is 0 Å². The van der Waals surface area contributed by atoms with E-state index >= 15 is 0 Å². The van der Waals surface area contributed by atoms with Crippen LogP contribution in [0, 0.1) is 6.92 Å². The minimum absolute atomic E-state index is 0.207. The number of pyridine rings is 1. The quantitative estimate of drug-likeness (QED) is 0.859. The minimum Gasteiger partial charge on any atom is -0.327 e. The number of rotatable bonds is 6. The first kappa shape index (κ1) is 13.8. The zero-order valence-corrected chi connectivity index (χ0v) is 11.5. The molecule has 0 radical (unpaired) electrons. The molecule has 19 heavy (non-hydrogen) atoms. The summed E-state index contributed by atoms with van der Waals surface area (Å²) in [5.41, 5.74) is 9.85. The summed E-state index contributed by atoms with van der Waals surface area (Å²) in [4.78, 5) is 4.40. The molecule has 0 spiro atoms. The first-order valence-electron chi connectivity index (χ1n) is 6.95. The Morgan fingerprint density at radius 3 is 2.58 bits per heavy atom. The van der Waals surface area contributed by atoms with Gasteiger partial charge in [0.1, 0.15) is 0 Å². The molecule has 2 N–H and O–H groups in total. The largest absolute Gasteiger partial charge is 0.327 e. The van der Waals surface area contributed by atoms with Gasteiger partial charge in [-0.05, 0) is 43.4 Å². The molecule has 2 rings (SSSR count). The zero-order valence-electron chi connectivity index (χ0n) is 11.5. The number of aryl methyl sites for hydroxylation is 2. The number of nitrogens with two attached hydrogens (primary N) is 1. The van der Waals surface area contributed by atoms with Crippen molar-refractivity contribution in [3.05, 3.63) is 65.5 Å². The van der Waals surface area contributed by atoms with E-state index in [4.69, 9.17) is 5.73 Å². The van der Waals surface area contributed by atoms with Crippen LogP contribution in [0.3, 0.4) is 0 Å². The Hall–Kier alpha value is -1.67. The molecule has 0 bridgehead atoms. The van der Waals surface area contributed by atoms with Crippen LogP contribution in [-0.4, -0.2) is 11.0 Å². The van der Waals surface area contributed by atoms with Gasteiger partial charge in [0.2, 0.25) is 0 Å². The van der Waals surface area contributed by atoms with Gasteiger partial charge >= 0.3 is 0 Å². The first-order valence-corrected chi connectivity index (χ1v) is 6.95. The number of aromatic nitrogens is 1. The van der Waals surface area contributed by atoms with Gasteiger partial charge in [0.15, 0.2) is 0 Å². The summed E-state index contributed by atoms with van der Waals surface area (Å²) in [6, 6.07) is 15.0. The fourth-order valence-electron chi connectivity index (χ4n) is 2.20. The van der Waals surface area contributed by atoms with Gasteiger partial charge in [0.05, 0.1) is 0 Å². The van der Waals surface area contributed by atoms with E-state index in [9.17, 15) is 0 Å². The van der Waals surface area contributed by atoms with Crippen LogP contribution in [-0.2, 0) is 12.8 Å². The number of benzene rings is 1. The Balaban J connectivity index is 1.73.